The van der Waals surface area contributed by atoms with E-state index < -0.39 is 0 Å². The van der Waals surface area contributed by atoms with Crippen LogP contribution in [0.15, 0.2) is 25.4 Å². The lowest BCUT2D eigenvalue weighted by atomic mass is 9.98. The third-order valence-corrected chi connectivity index (χ3v) is 2.37. The molecule has 0 aromatic carbocycles. The second-order valence-electron chi connectivity index (χ2n) is 3.50. The van der Waals surface area contributed by atoms with Crippen LogP contribution in [-0.4, -0.2) is 11.6 Å². The van der Waals surface area contributed by atoms with Crippen molar-refractivity contribution in [1.82, 2.24) is 4.98 Å². The van der Waals surface area contributed by atoms with Crippen LogP contribution in [0.5, 0.6) is 0 Å². The Morgan fingerprint density at radius 1 is 1.57 bits per heavy atom. The zero-order valence-electron chi connectivity index (χ0n) is 8.34. The molecule has 0 amide bonds. The molecule has 2 nitrogen and oxygen atoms in total. The predicted molar refractivity (Wildman–Crippen MR) is 57.6 cm³/mol. The summed E-state index contributed by atoms with van der Waals surface area (Å²) in [6, 6.07) is 2.02. The first kappa shape index (κ1) is 9.00. The van der Waals surface area contributed by atoms with Crippen LogP contribution in [0.4, 0.5) is 0 Å². The van der Waals surface area contributed by atoms with Crippen LogP contribution >= 0.6 is 0 Å². The highest BCUT2D eigenvalue weighted by atomic mass is 16.5. The summed E-state index contributed by atoms with van der Waals surface area (Å²) in [5, 5.41) is 0. The van der Waals surface area contributed by atoms with Crippen molar-refractivity contribution < 1.29 is 4.74 Å². The summed E-state index contributed by atoms with van der Waals surface area (Å²) in [4.78, 5) is 4.30. The van der Waals surface area contributed by atoms with Crippen molar-refractivity contribution in [3.63, 3.8) is 0 Å². The van der Waals surface area contributed by atoms with E-state index in [-0.39, 0.29) is 0 Å². The van der Waals surface area contributed by atoms with Crippen LogP contribution in [0.1, 0.15) is 23.7 Å². The molecule has 2 heteroatoms. The molecule has 0 bridgehead atoms. The Bertz CT molecular complexity index is 407. The molecule has 72 valence electrons. The fraction of sp³-hybridized carbons (Fsp3) is 0.250. The van der Waals surface area contributed by atoms with E-state index in [9.17, 15) is 0 Å². The third-order valence-electron chi connectivity index (χ3n) is 2.37. The van der Waals surface area contributed by atoms with Crippen molar-refractivity contribution >= 4 is 11.3 Å². The second-order valence-corrected chi connectivity index (χ2v) is 3.50. The molecule has 0 fully saturated rings. The van der Waals surface area contributed by atoms with E-state index in [4.69, 9.17) is 4.74 Å². The lowest BCUT2D eigenvalue weighted by Gasteiger charge is -2.21. The molecule has 1 aromatic heterocycles. The van der Waals surface area contributed by atoms with E-state index in [1.54, 1.807) is 0 Å². The van der Waals surface area contributed by atoms with Gasteiger partial charge in [0.25, 0.3) is 0 Å². The third kappa shape index (κ3) is 1.33. The van der Waals surface area contributed by atoms with Crippen LogP contribution in [0.3, 0.4) is 0 Å². The largest absolute Gasteiger partial charge is 0.493 e. The molecule has 14 heavy (non-hydrogen) atoms. The Morgan fingerprint density at radius 3 is 3.07 bits per heavy atom. The minimum absolute atomic E-state index is 0.714. The fourth-order valence-corrected chi connectivity index (χ4v) is 1.70. The molecule has 0 saturated heterocycles. The summed E-state index contributed by atoms with van der Waals surface area (Å²) in [5.74, 6) is 0.720. The number of fused-ring (bicyclic) bond motifs is 1. The minimum Gasteiger partial charge on any atom is -0.493 e. The molecule has 0 unspecified atom stereocenters. The molecule has 1 aliphatic rings. The SMILES string of the molecule is C=C(C)c1nccc2c1C(=C)OCC2. The lowest BCUT2D eigenvalue weighted by Crippen LogP contribution is -2.11. The lowest BCUT2D eigenvalue weighted by molar-refractivity contribution is 0.271. The van der Waals surface area contributed by atoms with Crippen LogP contribution in [0, 0.1) is 0 Å². The minimum atomic E-state index is 0.714. The van der Waals surface area contributed by atoms with Gasteiger partial charge in [0.2, 0.25) is 0 Å². The number of aromatic nitrogens is 1. The van der Waals surface area contributed by atoms with Gasteiger partial charge in [0.1, 0.15) is 5.76 Å². The van der Waals surface area contributed by atoms with E-state index in [2.05, 4.69) is 18.1 Å². The number of allylic oxidation sites excluding steroid dienone is 1. The average Bonchev–Trinajstić information content (AvgIpc) is 2.17. The summed E-state index contributed by atoms with van der Waals surface area (Å²) in [5.41, 5.74) is 4.15. The molecule has 0 spiro atoms. The maximum Gasteiger partial charge on any atom is 0.121 e. The molecular formula is C12H13NO. The highest BCUT2D eigenvalue weighted by Crippen LogP contribution is 2.29. The maximum atomic E-state index is 5.42. The van der Waals surface area contributed by atoms with Gasteiger partial charge in [-0.05, 0) is 24.1 Å². The smallest absolute Gasteiger partial charge is 0.121 e. The molecular weight excluding hydrogens is 174 g/mol. The van der Waals surface area contributed by atoms with Gasteiger partial charge in [-0.1, -0.05) is 13.2 Å². The normalized spacial score (nSPS) is 14.5. The second kappa shape index (κ2) is 3.29. The first-order valence-corrected chi connectivity index (χ1v) is 4.66. The summed E-state index contributed by atoms with van der Waals surface area (Å²) in [6.07, 6.45) is 2.75. The van der Waals surface area contributed by atoms with Gasteiger partial charge >= 0.3 is 0 Å². The van der Waals surface area contributed by atoms with Crippen LogP contribution in [-0.2, 0) is 11.2 Å². The molecule has 1 aliphatic heterocycles. The van der Waals surface area contributed by atoms with Gasteiger partial charge in [0.15, 0.2) is 0 Å². The van der Waals surface area contributed by atoms with E-state index in [1.807, 2.05) is 19.2 Å². The quantitative estimate of drug-likeness (QED) is 0.674. The Morgan fingerprint density at radius 2 is 2.36 bits per heavy atom. The Labute approximate surface area is 83.9 Å². The van der Waals surface area contributed by atoms with Gasteiger partial charge in [-0.25, -0.2) is 0 Å². The molecule has 2 heterocycles. The number of rotatable bonds is 1. The number of hydrogen-bond donors (Lipinski definition) is 0. The molecule has 0 atom stereocenters. The van der Waals surface area contributed by atoms with E-state index in [0.29, 0.717) is 6.61 Å². The molecule has 0 aliphatic carbocycles. The summed E-state index contributed by atoms with van der Waals surface area (Å²) in [7, 11) is 0. The highest BCUT2D eigenvalue weighted by molar-refractivity contribution is 5.75. The van der Waals surface area contributed by atoms with Gasteiger partial charge in [-0.2, -0.15) is 0 Å². The van der Waals surface area contributed by atoms with Crippen molar-refractivity contribution in [2.24, 2.45) is 0 Å². The predicted octanol–water partition coefficient (Wildman–Crippen LogP) is 2.66. The standard InChI is InChI=1S/C12H13NO/c1-8(2)12-11-9(3)14-7-5-10(11)4-6-13-12/h4,6H,1,3,5,7H2,2H3. The monoisotopic (exact) mass is 187 g/mol. The van der Waals surface area contributed by atoms with Crippen LogP contribution < -0.4 is 0 Å². The van der Waals surface area contributed by atoms with E-state index >= 15 is 0 Å². The number of ether oxygens (including phenoxy) is 1. The first-order valence-electron chi connectivity index (χ1n) is 4.66. The Hall–Kier alpha value is -1.57. The zero-order valence-corrected chi connectivity index (χ0v) is 8.34. The van der Waals surface area contributed by atoms with Crippen LogP contribution in [0.25, 0.3) is 11.3 Å². The van der Waals surface area contributed by atoms with Crippen molar-refractivity contribution in [3.8, 4) is 0 Å². The highest BCUT2D eigenvalue weighted by Gasteiger charge is 2.18. The molecule has 0 radical (unpaired) electrons. The van der Waals surface area contributed by atoms with Crippen molar-refractivity contribution in [1.29, 1.82) is 0 Å². The van der Waals surface area contributed by atoms with Crippen molar-refractivity contribution in [2.45, 2.75) is 13.3 Å². The maximum absolute atomic E-state index is 5.42. The summed E-state index contributed by atoms with van der Waals surface area (Å²) < 4.78 is 5.42. The number of nitrogens with zero attached hydrogens (tertiary/aromatic N) is 1. The Kier molecular flexibility index (Phi) is 2.12. The fourth-order valence-electron chi connectivity index (χ4n) is 1.70. The van der Waals surface area contributed by atoms with Crippen LogP contribution in [0.2, 0.25) is 0 Å². The van der Waals surface area contributed by atoms with Gasteiger partial charge in [-0.15, -0.1) is 0 Å². The molecule has 1 aromatic rings. The Balaban J connectivity index is 2.63. The van der Waals surface area contributed by atoms with Gasteiger partial charge in [0, 0.05) is 18.2 Å². The topological polar surface area (TPSA) is 22.1 Å². The number of pyridine rings is 1. The molecule has 2 rings (SSSR count). The van der Waals surface area contributed by atoms with E-state index in [1.165, 1.54) is 5.56 Å². The first-order chi connectivity index (χ1) is 6.70. The summed E-state index contributed by atoms with van der Waals surface area (Å²) in [6.45, 7) is 10.5. The van der Waals surface area contributed by atoms with Gasteiger partial charge in [-0.3, -0.25) is 4.98 Å². The van der Waals surface area contributed by atoms with Crippen molar-refractivity contribution in [2.75, 3.05) is 6.61 Å². The summed E-state index contributed by atoms with van der Waals surface area (Å²) >= 11 is 0. The molecule has 0 N–H and O–H groups in total. The van der Waals surface area contributed by atoms with Crippen molar-refractivity contribution in [3.05, 3.63) is 42.2 Å². The van der Waals surface area contributed by atoms with E-state index in [0.717, 1.165) is 29.0 Å². The number of hydrogen-bond acceptors (Lipinski definition) is 2. The zero-order chi connectivity index (χ0) is 10.1. The van der Waals surface area contributed by atoms with Gasteiger partial charge in [0.05, 0.1) is 12.3 Å². The average molecular weight is 187 g/mol. The van der Waals surface area contributed by atoms with Gasteiger partial charge < -0.3 is 4.74 Å². The molecule has 0 saturated carbocycles.